The highest BCUT2D eigenvalue weighted by Gasteiger charge is 2.25. The van der Waals surface area contributed by atoms with Crippen LogP contribution in [0.3, 0.4) is 0 Å². The molecule has 3 rings (SSSR count). The summed E-state index contributed by atoms with van der Waals surface area (Å²) in [4.78, 5) is 12.6. The summed E-state index contributed by atoms with van der Waals surface area (Å²) in [5, 5.41) is 6.04. The summed E-state index contributed by atoms with van der Waals surface area (Å²) in [6.07, 6.45) is 3.78. The molecule has 0 saturated carbocycles. The highest BCUT2D eigenvalue weighted by atomic mass is 127. The second-order valence-corrected chi connectivity index (χ2v) is 8.24. The summed E-state index contributed by atoms with van der Waals surface area (Å²) in [5.74, 6) is -0.806. The van der Waals surface area contributed by atoms with Crippen molar-refractivity contribution in [2.45, 2.75) is 13.5 Å². The molecule has 1 aromatic carbocycles. The SMILES string of the molecule is COC(=O)c1c(-c2cc[n+](C)cc2)c2cc(C)ccc2n1CCS(N)(=O)=O.[I-]. The minimum absolute atomic E-state index is 0. The van der Waals surface area contributed by atoms with Crippen LogP contribution in [0.1, 0.15) is 16.1 Å². The number of hydrogen-bond donors (Lipinski definition) is 1. The molecule has 0 saturated heterocycles. The maximum absolute atomic E-state index is 12.6. The molecule has 7 nitrogen and oxygen atoms in total. The molecule has 2 N–H and O–H groups in total. The number of methoxy groups -OCH3 is 1. The maximum Gasteiger partial charge on any atom is 0.355 e. The van der Waals surface area contributed by atoms with Crippen LogP contribution in [-0.4, -0.2) is 31.8 Å². The van der Waals surface area contributed by atoms with Gasteiger partial charge in [0.15, 0.2) is 12.4 Å². The Morgan fingerprint density at radius 2 is 1.86 bits per heavy atom. The zero-order valence-corrected chi connectivity index (χ0v) is 18.8. The van der Waals surface area contributed by atoms with Gasteiger partial charge in [-0.15, -0.1) is 0 Å². The molecular formula is C19H22IN3O4S. The Kier molecular flexibility index (Phi) is 6.84. The van der Waals surface area contributed by atoms with Crippen molar-refractivity contribution in [3.8, 4) is 11.1 Å². The van der Waals surface area contributed by atoms with Crippen LogP contribution in [0.2, 0.25) is 0 Å². The number of halogens is 1. The number of primary sulfonamides is 1. The lowest BCUT2D eigenvalue weighted by molar-refractivity contribution is -0.671. The molecular weight excluding hydrogens is 493 g/mol. The van der Waals surface area contributed by atoms with Crippen LogP contribution in [0.5, 0.6) is 0 Å². The number of nitrogens with zero attached hydrogens (tertiary/aromatic N) is 2. The van der Waals surface area contributed by atoms with Crippen molar-refractivity contribution in [1.82, 2.24) is 4.57 Å². The molecule has 150 valence electrons. The monoisotopic (exact) mass is 515 g/mol. The van der Waals surface area contributed by atoms with E-state index >= 15 is 0 Å². The third kappa shape index (κ3) is 4.53. The normalized spacial score (nSPS) is 11.3. The number of rotatable bonds is 5. The fourth-order valence-electron chi connectivity index (χ4n) is 3.19. The number of carbonyl (C=O) groups excluding carboxylic acids is 1. The number of ether oxygens (including phenoxy) is 1. The number of fused-ring (bicyclic) bond motifs is 1. The minimum atomic E-state index is -3.69. The second-order valence-electron chi connectivity index (χ2n) is 6.51. The Morgan fingerprint density at radius 1 is 1.21 bits per heavy atom. The molecule has 28 heavy (non-hydrogen) atoms. The van der Waals surface area contributed by atoms with E-state index in [1.165, 1.54) is 7.11 Å². The summed E-state index contributed by atoms with van der Waals surface area (Å²) < 4.78 is 31.6. The maximum atomic E-state index is 12.6. The van der Waals surface area contributed by atoms with E-state index in [2.05, 4.69) is 0 Å². The summed E-state index contributed by atoms with van der Waals surface area (Å²) in [5.41, 5.74) is 3.67. The summed E-state index contributed by atoms with van der Waals surface area (Å²) in [6.45, 7) is 2.02. The van der Waals surface area contributed by atoms with Crippen LogP contribution in [-0.2, 0) is 28.4 Å². The third-order valence-electron chi connectivity index (χ3n) is 4.46. The number of aromatic nitrogens is 2. The summed E-state index contributed by atoms with van der Waals surface area (Å²) in [7, 11) is -0.469. The Bertz CT molecular complexity index is 1120. The first-order chi connectivity index (χ1) is 12.7. The molecule has 0 spiro atoms. The molecule has 0 bridgehead atoms. The smallest absolute Gasteiger partial charge is 0.355 e. The van der Waals surface area contributed by atoms with Crippen LogP contribution in [0.4, 0.5) is 0 Å². The number of hydrogen-bond acceptors (Lipinski definition) is 4. The van der Waals surface area contributed by atoms with E-state index in [1.807, 2.05) is 61.3 Å². The van der Waals surface area contributed by atoms with Gasteiger partial charge in [0.25, 0.3) is 0 Å². The quantitative estimate of drug-likeness (QED) is 0.255. The van der Waals surface area contributed by atoms with Crippen LogP contribution >= 0.6 is 0 Å². The van der Waals surface area contributed by atoms with Crippen molar-refractivity contribution < 1.29 is 46.5 Å². The van der Waals surface area contributed by atoms with E-state index in [0.717, 1.165) is 27.6 Å². The van der Waals surface area contributed by atoms with E-state index < -0.39 is 16.0 Å². The van der Waals surface area contributed by atoms with Crippen molar-refractivity contribution >= 4 is 26.9 Å². The molecule has 2 aromatic heterocycles. The fraction of sp³-hybridized carbons (Fsp3) is 0.263. The van der Waals surface area contributed by atoms with Gasteiger partial charge in [-0.1, -0.05) is 11.6 Å². The topological polar surface area (TPSA) is 95.3 Å². The third-order valence-corrected chi connectivity index (χ3v) is 5.22. The zero-order chi connectivity index (χ0) is 19.8. The molecule has 0 aliphatic carbocycles. The van der Waals surface area contributed by atoms with Gasteiger partial charge in [-0.25, -0.2) is 22.9 Å². The molecule has 0 fully saturated rings. The number of aryl methyl sites for hydroxylation is 3. The van der Waals surface area contributed by atoms with Gasteiger partial charge >= 0.3 is 5.97 Å². The van der Waals surface area contributed by atoms with Gasteiger partial charge in [-0.05, 0) is 24.6 Å². The van der Waals surface area contributed by atoms with Gasteiger partial charge in [0.05, 0.1) is 12.9 Å². The summed E-state index contributed by atoms with van der Waals surface area (Å²) >= 11 is 0. The fourth-order valence-corrected chi connectivity index (χ4v) is 3.63. The largest absolute Gasteiger partial charge is 1.00 e. The van der Waals surface area contributed by atoms with E-state index in [1.54, 1.807) is 4.57 Å². The number of sulfonamides is 1. The molecule has 0 radical (unpaired) electrons. The Labute approximate surface area is 181 Å². The Hall–Kier alpha value is -1.98. The molecule has 0 amide bonds. The van der Waals surface area contributed by atoms with E-state index in [-0.39, 0.29) is 36.3 Å². The van der Waals surface area contributed by atoms with Gasteiger partial charge < -0.3 is 33.3 Å². The predicted octanol–water partition coefficient (Wildman–Crippen LogP) is -1.48. The first-order valence-corrected chi connectivity index (χ1v) is 10.1. The van der Waals surface area contributed by atoms with Gasteiger partial charge in [-0.3, -0.25) is 0 Å². The lowest BCUT2D eigenvalue weighted by Crippen LogP contribution is -3.00. The highest BCUT2D eigenvalue weighted by Crippen LogP contribution is 2.35. The minimum Gasteiger partial charge on any atom is -1.00 e. The molecule has 0 aliphatic heterocycles. The second kappa shape index (κ2) is 8.58. The van der Waals surface area contributed by atoms with Gasteiger partial charge in [0.2, 0.25) is 10.0 Å². The summed E-state index contributed by atoms with van der Waals surface area (Å²) in [6, 6.07) is 9.61. The van der Waals surface area contributed by atoms with Crippen LogP contribution in [0.25, 0.3) is 22.0 Å². The lowest BCUT2D eigenvalue weighted by atomic mass is 10.0. The predicted molar refractivity (Wildman–Crippen MR) is 103 cm³/mol. The number of benzene rings is 1. The van der Waals surface area contributed by atoms with Crippen molar-refractivity contribution in [3.05, 3.63) is 54.0 Å². The number of pyridine rings is 1. The van der Waals surface area contributed by atoms with Crippen LogP contribution in [0.15, 0.2) is 42.7 Å². The van der Waals surface area contributed by atoms with Crippen molar-refractivity contribution in [2.75, 3.05) is 12.9 Å². The van der Waals surface area contributed by atoms with Crippen molar-refractivity contribution in [1.29, 1.82) is 0 Å². The van der Waals surface area contributed by atoms with Gasteiger partial charge in [0, 0.05) is 35.1 Å². The average molecular weight is 515 g/mol. The van der Waals surface area contributed by atoms with Gasteiger partial charge in [0.1, 0.15) is 12.7 Å². The average Bonchev–Trinajstić information content (AvgIpc) is 2.93. The standard InChI is InChI=1S/C19H22N3O4S.HI/c1-13-4-5-16-15(12-13)17(14-6-8-21(2)9-7-14)18(19(23)26-3)22(16)10-11-27(20,24)25;/h4-9,12H,10-11H2,1-3H3,(H2,20,24,25);1H/q+1;/p-1. The van der Waals surface area contributed by atoms with Crippen molar-refractivity contribution in [3.63, 3.8) is 0 Å². The van der Waals surface area contributed by atoms with Crippen LogP contribution in [0, 0.1) is 6.92 Å². The molecule has 0 unspecified atom stereocenters. The zero-order valence-electron chi connectivity index (χ0n) is 15.8. The van der Waals surface area contributed by atoms with E-state index in [0.29, 0.717) is 5.69 Å². The van der Waals surface area contributed by atoms with E-state index in [9.17, 15) is 13.2 Å². The van der Waals surface area contributed by atoms with Crippen LogP contribution < -0.4 is 33.7 Å². The molecule has 3 aromatic rings. The van der Waals surface area contributed by atoms with Crippen molar-refractivity contribution in [2.24, 2.45) is 12.2 Å². The molecule has 2 heterocycles. The number of carbonyl (C=O) groups is 1. The number of nitrogens with two attached hydrogens (primary N) is 1. The number of esters is 1. The molecule has 9 heteroatoms. The first-order valence-electron chi connectivity index (χ1n) is 8.38. The molecule has 0 aliphatic rings. The van der Waals surface area contributed by atoms with E-state index in [4.69, 9.17) is 9.88 Å². The highest BCUT2D eigenvalue weighted by molar-refractivity contribution is 7.89. The Morgan fingerprint density at radius 3 is 2.43 bits per heavy atom. The first kappa shape index (κ1) is 22.3. The Balaban J connectivity index is 0.00000280. The molecule has 0 atom stereocenters. The van der Waals surface area contributed by atoms with Gasteiger partial charge in [-0.2, -0.15) is 0 Å². The lowest BCUT2D eigenvalue weighted by Gasteiger charge is -2.10.